The van der Waals surface area contributed by atoms with Crippen molar-refractivity contribution < 1.29 is 4.79 Å². The summed E-state index contributed by atoms with van der Waals surface area (Å²) in [5.41, 5.74) is 4.96. The van der Waals surface area contributed by atoms with E-state index < -0.39 is 0 Å². The lowest BCUT2D eigenvalue weighted by molar-refractivity contribution is -0.118. The van der Waals surface area contributed by atoms with E-state index in [1.165, 1.54) is 18.0 Å². The molecule has 3 heterocycles. The second-order valence-corrected chi connectivity index (χ2v) is 6.99. The molecule has 3 aromatic heterocycles. The highest BCUT2D eigenvalue weighted by Crippen LogP contribution is 2.27. The number of hydrogen-bond acceptors (Lipinski definition) is 7. The van der Waals surface area contributed by atoms with Crippen LogP contribution in [-0.2, 0) is 4.79 Å². The van der Waals surface area contributed by atoms with Gasteiger partial charge >= 0.3 is 0 Å². The first kappa shape index (κ1) is 19.5. The minimum atomic E-state index is -0.250. The zero-order chi connectivity index (χ0) is 20.6. The molecule has 0 bridgehead atoms. The number of aromatic nitrogens is 5. The van der Waals surface area contributed by atoms with Crippen LogP contribution < -0.4 is 5.43 Å². The summed E-state index contributed by atoms with van der Waals surface area (Å²) < 4.78 is 1.92. The Morgan fingerprint density at radius 3 is 2.57 bits per heavy atom. The third-order valence-corrected chi connectivity index (χ3v) is 4.92. The average molecular weight is 415 g/mol. The number of benzene rings is 1. The van der Waals surface area contributed by atoms with Gasteiger partial charge in [0.15, 0.2) is 11.0 Å². The first-order chi connectivity index (χ1) is 14.8. The first-order valence-corrected chi connectivity index (χ1v) is 10.1. The minimum Gasteiger partial charge on any atom is -0.272 e. The maximum atomic E-state index is 12.2. The van der Waals surface area contributed by atoms with Gasteiger partial charge < -0.3 is 0 Å². The molecule has 8 nitrogen and oxygen atoms in total. The highest BCUT2D eigenvalue weighted by molar-refractivity contribution is 7.99. The molecule has 0 saturated heterocycles. The van der Waals surface area contributed by atoms with E-state index in [1.807, 2.05) is 59.2 Å². The van der Waals surface area contributed by atoms with Crippen molar-refractivity contribution in [3.05, 3.63) is 84.9 Å². The van der Waals surface area contributed by atoms with Crippen LogP contribution in [-0.4, -0.2) is 42.6 Å². The number of amides is 1. The SMILES string of the molecule is O=C(CSc1nnc(-c2ccncc2)n1-c1ccccc1)N/N=C/c1ccccn1. The van der Waals surface area contributed by atoms with E-state index in [-0.39, 0.29) is 11.7 Å². The number of thioether (sulfide) groups is 1. The fourth-order valence-electron chi connectivity index (χ4n) is 2.65. The second-order valence-electron chi connectivity index (χ2n) is 6.05. The predicted octanol–water partition coefficient (Wildman–Crippen LogP) is 2.97. The van der Waals surface area contributed by atoms with Crippen molar-refractivity contribution in [2.45, 2.75) is 5.16 Å². The summed E-state index contributed by atoms with van der Waals surface area (Å²) in [5.74, 6) is 0.570. The van der Waals surface area contributed by atoms with Crippen LogP contribution >= 0.6 is 11.8 Å². The third-order valence-electron chi connectivity index (χ3n) is 3.99. The van der Waals surface area contributed by atoms with Crippen LogP contribution in [0.4, 0.5) is 0 Å². The zero-order valence-corrected chi connectivity index (χ0v) is 16.6. The number of hydrogen-bond donors (Lipinski definition) is 1. The van der Waals surface area contributed by atoms with E-state index in [1.54, 1.807) is 24.7 Å². The van der Waals surface area contributed by atoms with Crippen molar-refractivity contribution in [3.8, 4) is 17.1 Å². The molecule has 1 amide bonds. The number of para-hydroxylation sites is 1. The van der Waals surface area contributed by atoms with Crippen LogP contribution in [0.3, 0.4) is 0 Å². The Bertz CT molecular complexity index is 1130. The van der Waals surface area contributed by atoms with E-state index in [2.05, 4.69) is 30.7 Å². The van der Waals surface area contributed by atoms with Crippen LogP contribution in [0.25, 0.3) is 17.1 Å². The highest BCUT2D eigenvalue weighted by Gasteiger charge is 2.17. The molecule has 0 fully saturated rings. The molecule has 0 unspecified atom stereocenters. The van der Waals surface area contributed by atoms with E-state index >= 15 is 0 Å². The summed E-state index contributed by atoms with van der Waals surface area (Å²) in [6.07, 6.45) is 6.57. The summed E-state index contributed by atoms with van der Waals surface area (Å²) in [4.78, 5) is 20.4. The molecule has 0 aliphatic carbocycles. The Morgan fingerprint density at radius 1 is 1.00 bits per heavy atom. The molecule has 0 atom stereocenters. The van der Waals surface area contributed by atoms with Gasteiger partial charge in [0, 0.05) is 29.8 Å². The number of carbonyl (C=O) groups is 1. The molecule has 4 rings (SSSR count). The van der Waals surface area contributed by atoms with Crippen molar-refractivity contribution in [2.75, 3.05) is 5.75 Å². The van der Waals surface area contributed by atoms with Crippen LogP contribution in [0, 0.1) is 0 Å². The maximum absolute atomic E-state index is 12.2. The molecule has 30 heavy (non-hydrogen) atoms. The van der Waals surface area contributed by atoms with E-state index in [9.17, 15) is 4.79 Å². The standard InChI is InChI=1S/C21H17N7OS/c29-19(25-24-14-17-6-4-5-11-23-17)15-30-21-27-26-20(16-9-12-22-13-10-16)28(21)18-7-2-1-3-8-18/h1-14H,15H2,(H,25,29)/b24-14+. The van der Waals surface area contributed by atoms with Gasteiger partial charge in [0.1, 0.15) is 0 Å². The largest absolute Gasteiger partial charge is 0.272 e. The lowest BCUT2D eigenvalue weighted by Gasteiger charge is -2.09. The summed E-state index contributed by atoms with van der Waals surface area (Å²) >= 11 is 1.28. The van der Waals surface area contributed by atoms with Gasteiger partial charge in [-0.1, -0.05) is 36.0 Å². The predicted molar refractivity (Wildman–Crippen MR) is 115 cm³/mol. The van der Waals surface area contributed by atoms with Crippen molar-refractivity contribution >= 4 is 23.9 Å². The van der Waals surface area contributed by atoms with Gasteiger partial charge in [0.05, 0.1) is 17.7 Å². The number of pyridine rings is 2. The molecule has 0 aliphatic rings. The monoisotopic (exact) mass is 415 g/mol. The van der Waals surface area contributed by atoms with Crippen LogP contribution in [0.2, 0.25) is 0 Å². The smallest absolute Gasteiger partial charge is 0.250 e. The fraction of sp³-hybridized carbons (Fsp3) is 0.0476. The Hall–Kier alpha value is -3.85. The third kappa shape index (κ3) is 4.76. The van der Waals surface area contributed by atoms with E-state index in [4.69, 9.17) is 0 Å². The molecule has 9 heteroatoms. The van der Waals surface area contributed by atoms with E-state index in [0.29, 0.717) is 16.7 Å². The van der Waals surface area contributed by atoms with Crippen molar-refractivity contribution in [3.63, 3.8) is 0 Å². The molecule has 0 aliphatic heterocycles. The number of nitrogens with zero attached hydrogens (tertiary/aromatic N) is 6. The molecule has 0 radical (unpaired) electrons. The van der Waals surface area contributed by atoms with Crippen LogP contribution in [0.1, 0.15) is 5.69 Å². The fourth-order valence-corrected chi connectivity index (χ4v) is 3.39. The van der Waals surface area contributed by atoms with Crippen LogP contribution in [0.15, 0.2) is 89.5 Å². The Balaban J connectivity index is 1.49. The number of nitrogens with one attached hydrogen (secondary N) is 1. The van der Waals surface area contributed by atoms with Gasteiger partial charge in [0.25, 0.3) is 5.91 Å². The summed E-state index contributed by atoms with van der Waals surface area (Å²) in [6, 6.07) is 19.0. The molecule has 4 aromatic rings. The lowest BCUT2D eigenvalue weighted by atomic mass is 10.2. The number of carbonyl (C=O) groups excluding carboxylic acids is 1. The average Bonchev–Trinajstić information content (AvgIpc) is 3.23. The van der Waals surface area contributed by atoms with Crippen molar-refractivity contribution in [1.29, 1.82) is 0 Å². The van der Waals surface area contributed by atoms with Gasteiger partial charge in [-0.2, -0.15) is 5.10 Å². The molecular formula is C21H17N7OS. The molecule has 1 aromatic carbocycles. The Labute approximate surface area is 177 Å². The molecule has 0 spiro atoms. The van der Waals surface area contributed by atoms with Gasteiger partial charge in [0.2, 0.25) is 0 Å². The molecule has 0 saturated carbocycles. The minimum absolute atomic E-state index is 0.140. The summed E-state index contributed by atoms with van der Waals surface area (Å²) in [6.45, 7) is 0. The second kappa shape index (κ2) is 9.57. The van der Waals surface area contributed by atoms with E-state index in [0.717, 1.165) is 11.3 Å². The Morgan fingerprint density at radius 2 is 1.80 bits per heavy atom. The van der Waals surface area contributed by atoms with Gasteiger partial charge in [-0.05, 0) is 36.4 Å². The van der Waals surface area contributed by atoms with Gasteiger partial charge in [-0.3, -0.25) is 19.3 Å². The summed E-state index contributed by atoms with van der Waals surface area (Å²) in [7, 11) is 0. The Kier molecular flexibility index (Phi) is 6.21. The number of rotatable bonds is 7. The quantitative estimate of drug-likeness (QED) is 0.283. The lowest BCUT2D eigenvalue weighted by Crippen LogP contribution is -2.20. The molecule has 1 N–H and O–H groups in total. The number of hydrazone groups is 1. The molecule has 148 valence electrons. The first-order valence-electron chi connectivity index (χ1n) is 9.08. The maximum Gasteiger partial charge on any atom is 0.250 e. The normalized spacial score (nSPS) is 10.9. The van der Waals surface area contributed by atoms with Crippen molar-refractivity contribution in [1.82, 2.24) is 30.2 Å². The van der Waals surface area contributed by atoms with Crippen molar-refractivity contribution in [2.24, 2.45) is 5.10 Å². The summed E-state index contributed by atoms with van der Waals surface area (Å²) in [5, 5.41) is 13.2. The molecular weight excluding hydrogens is 398 g/mol. The topological polar surface area (TPSA) is 98.0 Å². The highest BCUT2D eigenvalue weighted by atomic mass is 32.2. The zero-order valence-electron chi connectivity index (χ0n) is 15.8. The van der Waals surface area contributed by atoms with Gasteiger partial charge in [-0.25, -0.2) is 5.43 Å². The van der Waals surface area contributed by atoms with Crippen LogP contribution in [0.5, 0.6) is 0 Å². The van der Waals surface area contributed by atoms with Gasteiger partial charge in [-0.15, -0.1) is 10.2 Å².